The van der Waals surface area contributed by atoms with Gasteiger partial charge in [0.05, 0.1) is 12.8 Å². The first-order valence-corrected chi connectivity index (χ1v) is 8.10. The summed E-state index contributed by atoms with van der Waals surface area (Å²) < 4.78 is 26.4. The minimum atomic E-state index is -3.56. The van der Waals surface area contributed by atoms with Crippen molar-refractivity contribution in [2.45, 2.75) is 25.8 Å². The van der Waals surface area contributed by atoms with E-state index in [1.165, 1.54) is 0 Å². The van der Waals surface area contributed by atoms with Crippen LogP contribution in [-0.2, 0) is 13.7 Å². The Kier molecular flexibility index (Phi) is 7.70. The Labute approximate surface area is 90.2 Å². The van der Waals surface area contributed by atoms with E-state index in [1.807, 2.05) is 0 Å². The summed E-state index contributed by atoms with van der Waals surface area (Å²) in [5, 5.41) is 0. The zero-order valence-corrected chi connectivity index (χ0v) is 10.7. The molecule has 0 aliphatic rings. The van der Waals surface area contributed by atoms with Crippen molar-refractivity contribution < 1.29 is 23.4 Å². The maximum Gasteiger partial charge on any atom is 0.328 e. The summed E-state index contributed by atoms with van der Waals surface area (Å²) in [4.78, 5) is 17.8. The van der Waals surface area contributed by atoms with Crippen LogP contribution < -0.4 is 5.73 Å². The summed E-state index contributed by atoms with van der Waals surface area (Å²) in [5.41, 5.74) is 5.37. The van der Waals surface area contributed by atoms with Crippen molar-refractivity contribution in [1.82, 2.24) is 0 Å². The summed E-state index contributed by atoms with van der Waals surface area (Å²) in [7, 11) is -6.02. The van der Waals surface area contributed by atoms with Crippen molar-refractivity contribution in [2.24, 2.45) is 5.73 Å². The van der Waals surface area contributed by atoms with Gasteiger partial charge in [-0.1, -0.05) is 0 Å². The Balaban J connectivity index is 3.65. The molecule has 8 heteroatoms. The minimum absolute atomic E-state index is 0.00880. The molecule has 0 radical (unpaired) electrons. The van der Waals surface area contributed by atoms with Crippen LogP contribution in [0.4, 0.5) is 0 Å². The van der Waals surface area contributed by atoms with Gasteiger partial charge in [-0.15, -0.1) is 0 Å². The molecule has 15 heavy (non-hydrogen) atoms. The zero-order chi connectivity index (χ0) is 11.9. The molecule has 6 nitrogen and oxygen atoms in total. The van der Waals surface area contributed by atoms with E-state index in [0.717, 1.165) is 0 Å². The van der Waals surface area contributed by atoms with Crippen LogP contribution in [0.15, 0.2) is 0 Å². The lowest BCUT2D eigenvalue weighted by atomic mass is 10.4. The summed E-state index contributed by atoms with van der Waals surface area (Å²) in [6.07, 6.45) is 1.07. The third-order valence-electron chi connectivity index (χ3n) is 1.62. The summed E-state index contributed by atoms with van der Waals surface area (Å²) in [6, 6.07) is -0.278. The lowest BCUT2D eigenvalue weighted by Crippen LogP contribution is -2.21. The fourth-order valence-electron chi connectivity index (χ4n) is 0.886. The van der Waals surface area contributed by atoms with Crippen molar-refractivity contribution in [1.29, 1.82) is 0 Å². The molecule has 3 atom stereocenters. The van der Waals surface area contributed by atoms with Gasteiger partial charge in [0.2, 0.25) is 0 Å². The first-order chi connectivity index (χ1) is 6.83. The average Bonchev–Trinajstić information content (AvgIpc) is 2.09. The highest BCUT2D eigenvalue weighted by molar-refractivity contribution is 7.52. The predicted octanol–water partition coefficient (Wildman–Crippen LogP) is 0.783. The van der Waals surface area contributed by atoms with E-state index >= 15 is 0 Å². The van der Waals surface area contributed by atoms with E-state index in [1.54, 1.807) is 6.92 Å². The van der Waals surface area contributed by atoms with Gasteiger partial charge in [-0.05, 0) is 19.8 Å². The zero-order valence-electron chi connectivity index (χ0n) is 8.76. The molecule has 0 spiro atoms. The third-order valence-corrected chi connectivity index (χ3v) is 3.84. The Morgan fingerprint density at radius 2 is 2.13 bits per heavy atom. The maximum atomic E-state index is 11.3. The van der Waals surface area contributed by atoms with Gasteiger partial charge in [-0.2, -0.15) is 0 Å². The lowest BCUT2D eigenvalue weighted by Gasteiger charge is -2.13. The van der Waals surface area contributed by atoms with E-state index in [9.17, 15) is 14.0 Å². The fourth-order valence-corrected chi connectivity index (χ4v) is 2.66. The largest absolute Gasteiger partial charge is 0.346 e. The summed E-state index contributed by atoms with van der Waals surface area (Å²) in [5.74, 6) is 0. The Hall–Kier alpha value is 0.300. The third kappa shape index (κ3) is 10.6. The quantitative estimate of drug-likeness (QED) is 0.439. The molecule has 0 fully saturated rings. The van der Waals surface area contributed by atoms with Gasteiger partial charge in [0.15, 0.2) is 8.03 Å². The van der Waals surface area contributed by atoms with Gasteiger partial charge in [0, 0.05) is 12.2 Å². The van der Waals surface area contributed by atoms with Crippen LogP contribution in [-0.4, -0.2) is 34.8 Å². The second kappa shape index (κ2) is 7.55. The molecule has 0 amide bonds. The summed E-state index contributed by atoms with van der Waals surface area (Å²) in [6.45, 7) is 1.72. The molecule has 0 rings (SSSR count). The van der Waals surface area contributed by atoms with Crippen LogP contribution in [0.1, 0.15) is 19.8 Å². The molecule has 3 unspecified atom stereocenters. The summed E-state index contributed by atoms with van der Waals surface area (Å²) >= 11 is 0. The molecule has 92 valence electrons. The standard InChI is InChI=1S/C7H19NO5P2/c1-7(8)6-13-15(11,12)5-3-2-4-14(9)10/h7,14H,2-6,8H2,1H3,(H,9,10)(H,11,12). The molecule has 4 N–H and O–H groups in total. The van der Waals surface area contributed by atoms with Crippen LogP contribution >= 0.6 is 15.6 Å². The van der Waals surface area contributed by atoms with Crippen molar-refractivity contribution in [3.63, 3.8) is 0 Å². The SMILES string of the molecule is CC(N)COP(=O)(O)CCCC[PH](=O)O. The highest BCUT2D eigenvalue weighted by Crippen LogP contribution is 2.42. The Bertz CT molecular complexity index is 246. The van der Waals surface area contributed by atoms with Crippen molar-refractivity contribution in [2.75, 3.05) is 18.9 Å². The number of unbranched alkanes of at least 4 members (excludes halogenated alkanes) is 1. The van der Waals surface area contributed by atoms with Crippen LogP contribution in [0.2, 0.25) is 0 Å². The number of nitrogens with two attached hydrogens (primary N) is 1. The van der Waals surface area contributed by atoms with Crippen molar-refractivity contribution >= 4 is 15.6 Å². The minimum Gasteiger partial charge on any atom is -0.346 e. The topological polar surface area (TPSA) is 110 Å². The van der Waals surface area contributed by atoms with Crippen LogP contribution in [0.25, 0.3) is 0 Å². The normalized spacial score (nSPS) is 19.5. The Morgan fingerprint density at radius 1 is 1.53 bits per heavy atom. The van der Waals surface area contributed by atoms with Gasteiger partial charge in [-0.25, -0.2) is 0 Å². The van der Waals surface area contributed by atoms with Gasteiger partial charge >= 0.3 is 7.60 Å². The van der Waals surface area contributed by atoms with E-state index in [2.05, 4.69) is 0 Å². The molecule has 0 saturated heterocycles. The second-order valence-corrected chi connectivity index (χ2v) is 6.75. The highest BCUT2D eigenvalue weighted by Gasteiger charge is 2.19. The molecule has 0 bridgehead atoms. The monoisotopic (exact) mass is 259 g/mol. The van der Waals surface area contributed by atoms with Gasteiger partial charge < -0.3 is 20.0 Å². The molecule has 0 aliphatic carbocycles. The van der Waals surface area contributed by atoms with Crippen molar-refractivity contribution in [3.05, 3.63) is 0 Å². The molecule has 0 aromatic heterocycles. The van der Waals surface area contributed by atoms with Crippen LogP contribution in [0.5, 0.6) is 0 Å². The van der Waals surface area contributed by atoms with E-state index in [4.69, 9.17) is 15.2 Å². The molecular formula is C7H19NO5P2. The van der Waals surface area contributed by atoms with Gasteiger partial charge in [-0.3, -0.25) is 9.13 Å². The predicted molar refractivity (Wildman–Crippen MR) is 59.6 cm³/mol. The number of hydrogen-bond acceptors (Lipinski definition) is 4. The van der Waals surface area contributed by atoms with Gasteiger partial charge in [0.25, 0.3) is 0 Å². The second-order valence-electron chi connectivity index (χ2n) is 3.48. The maximum absolute atomic E-state index is 11.3. The van der Waals surface area contributed by atoms with Crippen LogP contribution in [0, 0.1) is 0 Å². The average molecular weight is 259 g/mol. The van der Waals surface area contributed by atoms with E-state index in [-0.39, 0.29) is 25.0 Å². The molecule has 0 heterocycles. The number of hydrogen-bond donors (Lipinski definition) is 3. The van der Waals surface area contributed by atoms with Gasteiger partial charge in [0.1, 0.15) is 0 Å². The van der Waals surface area contributed by atoms with E-state index in [0.29, 0.717) is 12.8 Å². The molecule has 0 saturated carbocycles. The molecule has 0 aliphatic heterocycles. The van der Waals surface area contributed by atoms with Crippen molar-refractivity contribution in [3.8, 4) is 0 Å². The molecule has 0 aromatic rings. The van der Waals surface area contributed by atoms with E-state index < -0.39 is 15.6 Å². The Morgan fingerprint density at radius 3 is 2.60 bits per heavy atom. The lowest BCUT2D eigenvalue weighted by molar-refractivity contribution is 0.246. The molecule has 0 aromatic carbocycles. The first-order valence-electron chi connectivity index (χ1n) is 4.77. The molecular weight excluding hydrogens is 240 g/mol. The number of rotatable bonds is 8. The fraction of sp³-hybridized carbons (Fsp3) is 1.00. The highest BCUT2D eigenvalue weighted by atomic mass is 31.2. The van der Waals surface area contributed by atoms with Crippen LogP contribution in [0.3, 0.4) is 0 Å². The first kappa shape index (κ1) is 15.3. The smallest absolute Gasteiger partial charge is 0.328 e.